The second kappa shape index (κ2) is 2.53. The Kier molecular flexibility index (Phi) is 1.77. The lowest BCUT2D eigenvalue weighted by molar-refractivity contribution is 0.457. The van der Waals surface area contributed by atoms with Crippen molar-refractivity contribution in [1.82, 2.24) is 0 Å². The van der Waals surface area contributed by atoms with Crippen LogP contribution in [0.3, 0.4) is 0 Å². The standard InChI is InChI=1S/C10H17B/c1-2-10(11)6-8-4-3-5-9(8)7-10/h8-9H,2-7H2,1H3. The van der Waals surface area contributed by atoms with E-state index in [0.717, 1.165) is 11.8 Å². The molecule has 0 bridgehead atoms. The quantitative estimate of drug-likeness (QED) is 0.501. The zero-order valence-electron chi connectivity index (χ0n) is 7.47. The summed E-state index contributed by atoms with van der Waals surface area (Å²) in [5.74, 6) is 2.00. The van der Waals surface area contributed by atoms with E-state index in [1.54, 1.807) is 0 Å². The van der Waals surface area contributed by atoms with Crippen molar-refractivity contribution in [1.29, 1.82) is 0 Å². The highest BCUT2D eigenvalue weighted by atomic mass is 14.5. The highest BCUT2D eigenvalue weighted by Crippen LogP contribution is 2.56. The highest BCUT2D eigenvalue weighted by Gasteiger charge is 2.42. The van der Waals surface area contributed by atoms with E-state index in [9.17, 15) is 0 Å². The first-order valence-electron chi connectivity index (χ1n) is 5.02. The zero-order chi connectivity index (χ0) is 7.90. The third-order valence-corrected chi connectivity index (χ3v) is 3.86. The van der Waals surface area contributed by atoms with Crippen LogP contribution >= 0.6 is 0 Å². The van der Waals surface area contributed by atoms with Crippen LogP contribution in [0.25, 0.3) is 0 Å². The molecule has 0 amide bonds. The summed E-state index contributed by atoms with van der Waals surface area (Å²) in [6, 6.07) is 0. The van der Waals surface area contributed by atoms with Crippen LogP contribution in [0.4, 0.5) is 0 Å². The molecule has 2 aliphatic rings. The molecule has 2 rings (SSSR count). The van der Waals surface area contributed by atoms with Crippen molar-refractivity contribution in [2.75, 3.05) is 0 Å². The second-order valence-electron chi connectivity index (χ2n) is 4.58. The molecular weight excluding hydrogens is 131 g/mol. The van der Waals surface area contributed by atoms with E-state index in [-0.39, 0.29) is 5.31 Å². The topological polar surface area (TPSA) is 0 Å². The van der Waals surface area contributed by atoms with Gasteiger partial charge in [-0.25, -0.2) is 0 Å². The van der Waals surface area contributed by atoms with E-state index >= 15 is 0 Å². The molecule has 60 valence electrons. The molecule has 2 saturated carbocycles. The van der Waals surface area contributed by atoms with Gasteiger partial charge in [0.1, 0.15) is 0 Å². The lowest BCUT2D eigenvalue weighted by atomic mass is 9.64. The monoisotopic (exact) mass is 148 g/mol. The summed E-state index contributed by atoms with van der Waals surface area (Å²) in [4.78, 5) is 0. The molecule has 0 aromatic rings. The largest absolute Gasteiger partial charge is 0.0746 e. The second-order valence-corrected chi connectivity index (χ2v) is 4.58. The average Bonchev–Trinajstić information content (AvgIpc) is 2.46. The molecule has 2 unspecified atom stereocenters. The molecule has 0 aliphatic heterocycles. The van der Waals surface area contributed by atoms with E-state index in [4.69, 9.17) is 7.85 Å². The van der Waals surface area contributed by atoms with Crippen LogP contribution in [-0.4, -0.2) is 7.85 Å². The van der Waals surface area contributed by atoms with Crippen molar-refractivity contribution >= 4 is 7.85 Å². The normalized spacial score (nSPS) is 49.5. The van der Waals surface area contributed by atoms with Crippen LogP contribution in [0, 0.1) is 11.8 Å². The summed E-state index contributed by atoms with van der Waals surface area (Å²) in [6.07, 6.45) is 8.20. The highest BCUT2D eigenvalue weighted by molar-refractivity contribution is 6.15. The first kappa shape index (κ1) is 7.70. The van der Waals surface area contributed by atoms with Gasteiger partial charge in [-0.05, 0) is 11.8 Å². The fourth-order valence-electron chi connectivity index (χ4n) is 3.07. The van der Waals surface area contributed by atoms with Crippen molar-refractivity contribution in [3.8, 4) is 0 Å². The van der Waals surface area contributed by atoms with Gasteiger partial charge >= 0.3 is 0 Å². The van der Waals surface area contributed by atoms with Gasteiger partial charge in [-0.3, -0.25) is 0 Å². The van der Waals surface area contributed by atoms with E-state index in [2.05, 4.69) is 6.92 Å². The van der Waals surface area contributed by atoms with Crippen molar-refractivity contribution in [3.05, 3.63) is 0 Å². The Morgan fingerprint density at radius 1 is 1.27 bits per heavy atom. The van der Waals surface area contributed by atoms with E-state index in [0.29, 0.717) is 0 Å². The maximum Gasteiger partial charge on any atom is 0.0746 e. The van der Waals surface area contributed by atoms with Gasteiger partial charge in [0.15, 0.2) is 0 Å². The summed E-state index contributed by atoms with van der Waals surface area (Å²) in [7, 11) is 6.25. The minimum atomic E-state index is 0.232. The predicted molar refractivity (Wildman–Crippen MR) is 48.8 cm³/mol. The zero-order valence-corrected chi connectivity index (χ0v) is 7.47. The first-order valence-corrected chi connectivity index (χ1v) is 5.02. The van der Waals surface area contributed by atoms with Gasteiger partial charge in [0.05, 0.1) is 7.85 Å². The third kappa shape index (κ3) is 1.23. The van der Waals surface area contributed by atoms with Crippen LogP contribution in [0.15, 0.2) is 0 Å². The Labute approximate surface area is 71.2 Å². The van der Waals surface area contributed by atoms with Crippen LogP contribution in [0.5, 0.6) is 0 Å². The summed E-state index contributed by atoms with van der Waals surface area (Å²) in [6.45, 7) is 2.24. The molecule has 2 fully saturated rings. The lowest BCUT2D eigenvalue weighted by Crippen LogP contribution is -2.07. The van der Waals surface area contributed by atoms with Crippen molar-refractivity contribution < 1.29 is 0 Å². The summed E-state index contributed by atoms with van der Waals surface area (Å²) >= 11 is 0. The van der Waals surface area contributed by atoms with Crippen LogP contribution < -0.4 is 0 Å². The van der Waals surface area contributed by atoms with Crippen molar-refractivity contribution in [2.45, 2.75) is 50.8 Å². The van der Waals surface area contributed by atoms with Crippen LogP contribution in [0.2, 0.25) is 5.31 Å². The Morgan fingerprint density at radius 2 is 1.82 bits per heavy atom. The number of hydrogen-bond donors (Lipinski definition) is 0. The molecule has 11 heavy (non-hydrogen) atoms. The number of hydrogen-bond acceptors (Lipinski definition) is 0. The lowest BCUT2D eigenvalue weighted by Gasteiger charge is -2.22. The average molecular weight is 148 g/mol. The summed E-state index contributed by atoms with van der Waals surface area (Å²) in [5.41, 5.74) is 0. The minimum absolute atomic E-state index is 0.232. The fourth-order valence-corrected chi connectivity index (χ4v) is 3.07. The minimum Gasteiger partial charge on any atom is -0.0658 e. The Hall–Kier alpha value is 0.0649. The van der Waals surface area contributed by atoms with Crippen molar-refractivity contribution in [3.63, 3.8) is 0 Å². The van der Waals surface area contributed by atoms with Gasteiger partial charge in [-0.1, -0.05) is 50.8 Å². The fraction of sp³-hybridized carbons (Fsp3) is 1.00. The van der Waals surface area contributed by atoms with Gasteiger partial charge < -0.3 is 0 Å². The molecule has 2 radical (unpaired) electrons. The molecule has 1 heteroatoms. The van der Waals surface area contributed by atoms with Crippen LogP contribution in [0.1, 0.15) is 45.4 Å². The Balaban J connectivity index is 2.04. The first-order chi connectivity index (χ1) is 5.23. The molecule has 0 aromatic carbocycles. The van der Waals surface area contributed by atoms with Crippen molar-refractivity contribution in [2.24, 2.45) is 11.8 Å². The van der Waals surface area contributed by atoms with E-state index in [1.807, 2.05) is 0 Å². The summed E-state index contributed by atoms with van der Waals surface area (Å²) < 4.78 is 0. The Bertz CT molecular complexity index is 141. The maximum absolute atomic E-state index is 6.25. The molecule has 0 aromatic heterocycles. The SMILES string of the molecule is [B]C1(CC)CC2CCCC2C1. The molecule has 0 nitrogen and oxygen atoms in total. The van der Waals surface area contributed by atoms with Gasteiger partial charge in [-0.15, -0.1) is 0 Å². The van der Waals surface area contributed by atoms with E-state index < -0.39 is 0 Å². The molecule has 0 saturated heterocycles. The third-order valence-electron chi connectivity index (χ3n) is 3.86. The van der Waals surface area contributed by atoms with Crippen LogP contribution in [-0.2, 0) is 0 Å². The van der Waals surface area contributed by atoms with Gasteiger partial charge in [-0.2, -0.15) is 0 Å². The van der Waals surface area contributed by atoms with Gasteiger partial charge in [0.25, 0.3) is 0 Å². The molecule has 0 N–H and O–H groups in total. The molecule has 2 atom stereocenters. The van der Waals surface area contributed by atoms with Gasteiger partial charge in [0.2, 0.25) is 0 Å². The summed E-state index contributed by atoms with van der Waals surface area (Å²) in [5, 5.41) is 0.232. The molecule has 0 spiro atoms. The van der Waals surface area contributed by atoms with Gasteiger partial charge in [0, 0.05) is 0 Å². The predicted octanol–water partition coefficient (Wildman–Crippen LogP) is 2.93. The molecule has 0 heterocycles. The molecule has 2 aliphatic carbocycles. The molecular formula is C10H17B. The number of rotatable bonds is 1. The van der Waals surface area contributed by atoms with E-state index in [1.165, 1.54) is 38.5 Å². The maximum atomic E-state index is 6.25. The Morgan fingerprint density at radius 3 is 2.27 bits per heavy atom. The smallest absolute Gasteiger partial charge is 0.0658 e. The number of fused-ring (bicyclic) bond motifs is 1.